The van der Waals surface area contributed by atoms with Crippen LogP contribution in [0.5, 0.6) is 0 Å². The summed E-state index contributed by atoms with van der Waals surface area (Å²) in [4.78, 5) is 11.8. The van der Waals surface area contributed by atoms with Crippen molar-refractivity contribution in [2.24, 2.45) is 0 Å². The SMILES string of the molecule is CCNC(=O)C1CC(c2cc(F)cc(F)c2)CCN1. The fourth-order valence-electron chi connectivity index (χ4n) is 2.53. The maximum Gasteiger partial charge on any atom is 0.237 e. The molecule has 2 rings (SSSR count). The quantitative estimate of drug-likeness (QED) is 0.879. The standard InChI is InChI=1S/C14H18F2N2O/c1-2-17-14(19)13-7-9(3-4-18-13)10-5-11(15)8-12(16)6-10/h5-6,8-9,13,18H,2-4,7H2,1H3,(H,17,19). The Morgan fingerprint density at radius 2 is 2.05 bits per heavy atom. The van der Waals surface area contributed by atoms with Crippen molar-refractivity contribution >= 4 is 5.91 Å². The van der Waals surface area contributed by atoms with Gasteiger partial charge in [-0.2, -0.15) is 0 Å². The third-order valence-corrected chi connectivity index (χ3v) is 3.43. The minimum atomic E-state index is -0.567. The number of piperidine rings is 1. The highest BCUT2D eigenvalue weighted by molar-refractivity contribution is 5.81. The smallest absolute Gasteiger partial charge is 0.237 e. The zero-order valence-electron chi connectivity index (χ0n) is 10.9. The molecule has 2 atom stereocenters. The van der Waals surface area contributed by atoms with Crippen LogP contribution in [-0.2, 0) is 4.79 Å². The Balaban J connectivity index is 2.10. The molecule has 1 amide bonds. The molecule has 5 heteroatoms. The lowest BCUT2D eigenvalue weighted by Crippen LogP contribution is -2.48. The lowest BCUT2D eigenvalue weighted by Gasteiger charge is -2.29. The molecular weight excluding hydrogens is 250 g/mol. The van der Waals surface area contributed by atoms with Gasteiger partial charge in [0, 0.05) is 12.6 Å². The molecule has 1 aromatic carbocycles. The largest absolute Gasteiger partial charge is 0.355 e. The molecule has 2 unspecified atom stereocenters. The third-order valence-electron chi connectivity index (χ3n) is 3.43. The van der Waals surface area contributed by atoms with E-state index in [9.17, 15) is 13.6 Å². The molecule has 0 bridgehead atoms. The summed E-state index contributed by atoms with van der Waals surface area (Å²) in [6.45, 7) is 3.11. The maximum absolute atomic E-state index is 13.2. The molecule has 1 aliphatic rings. The first-order valence-electron chi connectivity index (χ1n) is 6.57. The Kier molecular flexibility index (Phi) is 4.47. The normalized spacial score (nSPS) is 23.1. The predicted molar refractivity (Wildman–Crippen MR) is 68.8 cm³/mol. The van der Waals surface area contributed by atoms with E-state index in [0.717, 1.165) is 12.5 Å². The lowest BCUT2D eigenvalue weighted by molar-refractivity contribution is -0.123. The van der Waals surface area contributed by atoms with Crippen molar-refractivity contribution in [1.82, 2.24) is 10.6 Å². The van der Waals surface area contributed by atoms with Crippen LogP contribution in [0, 0.1) is 11.6 Å². The van der Waals surface area contributed by atoms with Crippen molar-refractivity contribution in [1.29, 1.82) is 0 Å². The van der Waals surface area contributed by atoms with Gasteiger partial charge < -0.3 is 10.6 Å². The van der Waals surface area contributed by atoms with E-state index in [1.165, 1.54) is 12.1 Å². The number of likely N-dealkylation sites (N-methyl/N-ethyl adjacent to an activating group) is 1. The number of hydrogen-bond donors (Lipinski definition) is 2. The number of benzene rings is 1. The van der Waals surface area contributed by atoms with E-state index < -0.39 is 11.6 Å². The second kappa shape index (κ2) is 6.10. The van der Waals surface area contributed by atoms with Crippen LogP contribution in [0.3, 0.4) is 0 Å². The van der Waals surface area contributed by atoms with Crippen LogP contribution < -0.4 is 10.6 Å². The van der Waals surface area contributed by atoms with Gasteiger partial charge in [-0.3, -0.25) is 4.79 Å². The van der Waals surface area contributed by atoms with Gasteiger partial charge in [-0.1, -0.05) is 0 Å². The van der Waals surface area contributed by atoms with E-state index in [1.54, 1.807) is 0 Å². The van der Waals surface area contributed by atoms with E-state index in [0.29, 0.717) is 25.1 Å². The minimum absolute atomic E-state index is 0.0130. The number of carbonyl (C=O) groups excluding carboxylic acids is 1. The highest BCUT2D eigenvalue weighted by Gasteiger charge is 2.27. The van der Waals surface area contributed by atoms with E-state index in [-0.39, 0.29) is 17.9 Å². The molecule has 0 saturated carbocycles. The molecule has 3 nitrogen and oxygen atoms in total. The molecule has 0 aromatic heterocycles. The van der Waals surface area contributed by atoms with Gasteiger partial charge in [0.1, 0.15) is 11.6 Å². The highest BCUT2D eigenvalue weighted by atomic mass is 19.1. The van der Waals surface area contributed by atoms with Crippen LogP contribution in [-0.4, -0.2) is 25.0 Å². The van der Waals surface area contributed by atoms with Gasteiger partial charge in [0.05, 0.1) is 6.04 Å². The average molecular weight is 268 g/mol. The molecule has 1 heterocycles. The summed E-state index contributed by atoms with van der Waals surface area (Å²) in [6.07, 6.45) is 1.34. The van der Waals surface area contributed by atoms with Crippen molar-refractivity contribution in [2.45, 2.75) is 31.7 Å². The minimum Gasteiger partial charge on any atom is -0.355 e. The number of hydrogen-bond acceptors (Lipinski definition) is 2. The Bertz CT molecular complexity index is 445. The van der Waals surface area contributed by atoms with Gasteiger partial charge in [-0.25, -0.2) is 8.78 Å². The summed E-state index contributed by atoms with van der Waals surface area (Å²) in [5.74, 6) is -1.17. The summed E-state index contributed by atoms with van der Waals surface area (Å²) < 4.78 is 26.4. The summed E-state index contributed by atoms with van der Waals surface area (Å²) in [7, 11) is 0. The average Bonchev–Trinajstić information content (AvgIpc) is 2.38. The van der Waals surface area contributed by atoms with Gasteiger partial charge in [-0.15, -0.1) is 0 Å². The molecule has 1 fully saturated rings. The fraction of sp³-hybridized carbons (Fsp3) is 0.500. The van der Waals surface area contributed by atoms with Gasteiger partial charge >= 0.3 is 0 Å². The van der Waals surface area contributed by atoms with Gasteiger partial charge in [-0.05, 0) is 49.9 Å². The number of halogens is 2. The van der Waals surface area contributed by atoms with E-state index in [4.69, 9.17) is 0 Å². The molecular formula is C14H18F2N2O. The molecule has 1 saturated heterocycles. The molecule has 0 spiro atoms. The number of carbonyl (C=O) groups is 1. The second-order valence-electron chi connectivity index (χ2n) is 4.83. The van der Waals surface area contributed by atoms with Gasteiger partial charge in [0.2, 0.25) is 5.91 Å². The fourth-order valence-corrected chi connectivity index (χ4v) is 2.53. The number of rotatable bonds is 3. The van der Waals surface area contributed by atoms with Crippen molar-refractivity contribution in [3.05, 3.63) is 35.4 Å². The molecule has 104 valence electrons. The Morgan fingerprint density at radius 3 is 2.68 bits per heavy atom. The second-order valence-corrected chi connectivity index (χ2v) is 4.83. The molecule has 1 aliphatic heterocycles. The molecule has 2 N–H and O–H groups in total. The van der Waals surface area contributed by atoms with Crippen molar-refractivity contribution < 1.29 is 13.6 Å². The number of amides is 1. The summed E-state index contributed by atoms with van der Waals surface area (Å²) >= 11 is 0. The predicted octanol–water partition coefficient (Wildman–Crippen LogP) is 1.94. The van der Waals surface area contributed by atoms with Crippen molar-refractivity contribution in [3.8, 4) is 0 Å². The first-order chi connectivity index (χ1) is 9.10. The van der Waals surface area contributed by atoms with Crippen molar-refractivity contribution in [3.63, 3.8) is 0 Å². The monoisotopic (exact) mass is 268 g/mol. The Hall–Kier alpha value is -1.49. The Morgan fingerprint density at radius 1 is 1.37 bits per heavy atom. The summed E-state index contributed by atoms with van der Waals surface area (Å²) in [5.41, 5.74) is 0.633. The number of nitrogens with one attached hydrogen (secondary N) is 2. The van der Waals surface area contributed by atoms with Crippen molar-refractivity contribution in [2.75, 3.05) is 13.1 Å². The van der Waals surface area contributed by atoms with Gasteiger partial charge in [0.25, 0.3) is 0 Å². The van der Waals surface area contributed by atoms with Crippen LogP contribution in [0.15, 0.2) is 18.2 Å². The van der Waals surface area contributed by atoms with Crippen LogP contribution in [0.1, 0.15) is 31.2 Å². The van der Waals surface area contributed by atoms with E-state index in [1.807, 2.05) is 6.92 Å². The zero-order valence-corrected chi connectivity index (χ0v) is 10.9. The molecule has 0 aliphatic carbocycles. The van der Waals surface area contributed by atoms with Crippen LogP contribution in [0.2, 0.25) is 0 Å². The first kappa shape index (κ1) is 13.9. The third kappa shape index (κ3) is 3.50. The maximum atomic E-state index is 13.2. The lowest BCUT2D eigenvalue weighted by atomic mass is 9.86. The molecule has 1 aromatic rings. The van der Waals surface area contributed by atoms with Gasteiger partial charge in [0.15, 0.2) is 0 Å². The molecule has 0 radical (unpaired) electrons. The van der Waals surface area contributed by atoms with Crippen LogP contribution in [0.4, 0.5) is 8.78 Å². The summed E-state index contributed by atoms with van der Waals surface area (Å²) in [5, 5.41) is 5.89. The molecule has 19 heavy (non-hydrogen) atoms. The van der Waals surface area contributed by atoms with Crippen LogP contribution >= 0.6 is 0 Å². The topological polar surface area (TPSA) is 41.1 Å². The van der Waals surface area contributed by atoms with E-state index in [2.05, 4.69) is 10.6 Å². The Labute approximate surface area is 111 Å². The summed E-state index contributed by atoms with van der Waals surface area (Å²) in [6, 6.07) is 3.29. The van der Waals surface area contributed by atoms with Crippen LogP contribution in [0.25, 0.3) is 0 Å². The zero-order chi connectivity index (χ0) is 13.8. The first-order valence-corrected chi connectivity index (χ1v) is 6.57. The van der Waals surface area contributed by atoms with E-state index >= 15 is 0 Å². The highest BCUT2D eigenvalue weighted by Crippen LogP contribution is 2.28.